The lowest BCUT2D eigenvalue weighted by Crippen LogP contribution is -2.09. The number of benzene rings is 2. The number of rotatable bonds is 6. The van der Waals surface area contributed by atoms with E-state index < -0.39 is 23.3 Å². The molecule has 1 N–H and O–H groups in total. The molecule has 25 heavy (non-hydrogen) atoms. The molecule has 0 aliphatic heterocycles. The highest BCUT2D eigenvalue weighted by Crippen LogP contribution is 2.25. The molecule has 2 aromatic carbocycles. The van der Waals surface area contributed by atoms with Gasteiger partial charge in [0.05, 0.1) is 14.2 Å². The molecule has 2 rings (SSSR count). The minimum atomic E-state index is -1.13. The Bertz CT molecular complexity index is 812. The third-order valence-electron chi connectivity index (χ3n) is 3.21. The van der Waals surface area contributed by atoms with Crippen molar-refractivity contribution in [3.63, 3.8) is 0 Å². The first kappa shape index (κ1) is 18.1. The van der Waals surface area contributed by atoms with Crippen molar-refractivity contribution in [1.82, 2.24) is 0 Å². The van der Waals surface area contributed by atoms with Crippen LogP contribution in [-0.2, 0) is 4.79 Å². The van der Waals surface area contributed by atoms with E-state index in [1.54, 1.807) is 18.2 Å². The third kappa shape index (κ3) is 4.87. The van der Waals surface area contributed by atoms with Crippen LogP contribution in [0.4, 0.5) is 14.5 Å². The molecule has 5 nitrogen and oxygen atoms in total. The lowest BCUT2D eigenvalue weighted by atomic mass is 10.1. The van der Waals surface area contributed by atoms with Crippen molar-refractivity contribution in [3.05, 3.63) is 65.7 Å². The Kier molecular flexibility index (Phi) is 5.84. The highest BCUT2D eigenvalue weighted by molar-refractivity contribution is 6.09. The molecule has 1 amide bonds. The summed E-state index contributed by atoms with van der Waals surface area (Å²) in [6.07, 6.45) is 1.97. The molecular weight excluding hydrogens is 332 g/mol. The molecule has 0 radical (unpaired) electrons. The second-order valence-corrected chi connectivity index (χ2v) is 4.92. The van der Waals surface area contributed by atoms with Crippen LogP contribution in [0.5, 0.6) is 11.5 Å². The fraction of sp³-hybridized carbons (Fsp3) is 0.111. The van der Waals surface area contributed by atoms with Crippen LogP contribution >= 0.6 is 0 Å². The number of amides is 1. The van der Waals surface area contributed by atoms with Crippen LogP contribution in [-0.4, -0.2) is 25.9 Å². The molecule has 0 atom stereocenters. The summed E-state index contributed by atoms with van der Waals surface area (Å²) >= 11 is 0. The van der Waals surface area contributed by atoms with Crippen molar-refractivity contribution < 1.29 is 27.8 Å². The Morgan fingerprint density at radius 1 is 0.920 bits per heavy atom. The van der Waals surface area contributed by atoms with Gasteiger partial charge in [-0.05, 0) is 24.3 Å². The molecule has 0 saturated carbocycles. The van der Waals surface area contributed by atoms with Gasteiger partial charge >= 0.3 is 0 Å². The van der Waals surface area contributed by atoms with Crippen LogP contribution < -0.4 is 14.8 Å². The molecule has 0 heterocycles. The zero-order valence-corrected chi connectivity index (χ0v) is 13.5. The molecule has 130 valence electrons. The molecule has 0 aromatic heterocycles. The van der Waals surface area contributed by atoms with Gasteiger partial charge in [-0.25, -0.2) is 8.78 Å². The van der Waals surface area contributed by atoms with E-state index in [2.05, 4.69) is 5.32 Å². The topological polar surface area (TPSA) is 64.6 Å². The van der Waals surface area contributed by atoms with Crippen molar-refractivity contribution in [2.24, 2.45) is 0 Å². The first-order valence-electron chi connectivity index (χ1n) is 7.14. The minimum absolute atomic E-state index is 0.0639. The summed E-state index contributed by atoms with van der Waals surface area (Å²) in [5, 5.41) is 2.55. The van der Waals surface area contributed by atoms with Gasteiger partial charge in [-0.2, -0.15) is 0 Å². The van der Waals surface area contributed by atoms with Gasteiger partial charge in [-0.15, -0.1) is 0 Å². The normalized spacial score (nSPS) is 10.6. The largest absolute Gasteiger partial charge is 0.497 e. The highest BCUT2D eigenvalue weighted by atomic mass is 19.2. The standard InChI is InChI=1S/C18H15F2NO4/c1-24-13-8-12(9-14(10-13)25-2)21-18(23)6-5-17(22)11-3-4-15(19)16(20)7-11/h3-10H,1-2H3,(H,21,23)/b6-5+. The summed E-state index contributed by atoms with van der Waals surface area (Å²) in [6.45, 7) is 0. The number of carbonyl (C=O) groups excluding carboxylic acids is 2. The first-order valence-corrected chi connectivity index (χ1v) is 7.14. The Labute approximate surface area is 142 Å². The molecular formula is C18H15F2NO4. The Morgan fingerprint density at radius 3 is 2.12 bits per heavy atom. The third-order valence-corrected chi connectivity index (χ3v) is 3.21. The van der Waals surface area contributed by atoms with Gasteiger partial charge in [-0.3, -0.25) is 9.59 Å². The lowest BCUT2D eigenvalue weighted by Gasteiger charge is -2.08. The van der Waals surface area contributed by atoms with Crippen LogP contribution in [0.15, 0.2) is 48.6 Å². The van der Waals surface area contributed by atoms with Gasteiger partial charge in [0, 0.05) is 35.5 Å². The molecule has 0 spiro atoms. The van der Waals surface area contributed by atoms with Gasteiger partial charge < -0.3 is 14.8 Å². The number of allylic oxidation sites excluding steroid dienone is 1. The van der Waals surface area contributed by atoms with Crippen molar-refractivity contribution in [2.45, 2.75) is 0 Å². The molecule has 0 bridgehead atoms. The fourth-order valence-electron chi connectivity index (χ4n) is 1.96. The fourth-order valence-corrected chi connectivity index (χ4v) is 1.96. The van der Waals surface area contributed by atoms with Gasteiger partial charge in [0.2, 0.25) is 5.91 Å². The number of carbonyl (C=O) groups is 2. The average molecular weight is 347 g/mol. The number of ether oxygens (including phenoxy) is 2. The van der Waals surface area contributed by atoms with Crippen molar-refractivity contribution >= 4 is 17.4 Å². The maximum Gasteiger partial charge on any atom is 0.248 e. The second kappa shape index (κ2) is 8.05. The second-order valence-electron chi connectivity index (χ2n) is 4.92. The number of nitrogens with one attached hydrogen (secondary N) is 1. The molecule has 0 saturated heterocycles. The number of hydrogen-bond donors (Lipinski definition) is 1. The van der Waals surface area contributed by atoms with Gasteiger partial charge in [0.15, 0.2) is 17.4 Å². The first-order chi connectivity index (χ1) is 11.9. The number of anilines is 1. The van der Waals surface area contributed by atoms with E-state index >= 15 is 0 Å². The smallest absolute Gasteiger partial charge is 0.248 e. The minimum Gasteiger partial charge on any atom is -0.497 e. The average Bonchev–Trinajstić information content (AvgIpc) is 2.61. The summed E-state index contributed by atoms with van der Waals surface area (Å²) in [7, 11) is 2.95. The predicted molar refractivity (Wildman–Crippen MR) is 88.0 cm³/mol. The summed E-state index contributed by atoms with van der Waals surface area (Å²) in [4.78, 5) is 23.8. The van der Waals surface area contributed by atoms with Crippen LogP contribution in [0.1, 0.15) is 10.4 Å². The monoisotopic (exact) mass is 347 g/mol. The quantitative estimate of drug-likeness (QED) is 0.643. The van der Waals surface area contributed by atoms with E-state index in [4.69, 9.17) is 9.47 Å². The molecule has 7 heteroatoms. The number of halogens is 2. The molecule has 0 aliphatic rings. The highest BCUT2D eigenvalue weighted by Gasteiger charge is 2.08. The van der Waals surface area contributed by atoms with Crippen molar-refractivity contribution in [2.75, 3.05) is 19.5 Å². The van der Waals surface area contributed by atoms with E-state index in [1.807, 2.05) is 0 Å². The van der Waals surface area contributed by atoms with E-state index in [0.717, 1.165) is 30.4 Å². The van der Waals surface area contributed by atoms with E-state index in [0.29, 0.717) is 17.2 Å². The van der Waals surface area contributed by atoms with E-state index in [1.165, 1.54) is 14.2 Å². The SMILES string of the molecule is COc1cc(NC(=O)/C=C/C(=O)c2ccc(F)c(F)c2)cc(OC)c1. The number of hydrogen-bond acceptors (Lipinski definition) is 4. The molecule has 0 unspecified atom stereocenters. The zero-order chi connectivity index (χ0) is 18.4. The van der Waals surface area contributed by atoms with E-state index in [9.17, 15) is 18.4 Å². The number of ketones is 1. The Hall–Kier alpha value is -3.22. The summed E-state index contributed by atoms with van der Waals surface area (Å²) in [5.74, 6) is -2.42. The molecule has 0 aliphatic carbocycles. The summed E-state index contributed by atoms with van der Waals surface area (Å²) in [5.41, 5.74) is 0.345. The lowest BCUT2D eigenvalue weighted by molar-refractivity contribution is -0.111. The van der Waals surface area contributed by atoms with Gasteiger partial charge in [0.25, 0.3) is 0 Å². The van der Waals surface area contributed by atoms with Crippen LogP contribution in [0.2, 0.25) is 0 Å². The van der Waals surface area contributed by atoms with Crippen molar-refractivity contribution in [1.29, 1.82) is 0 Å². The predicted octanol–water partition coefficient (Wildman–Crippen LogP) is 3.36. The van der Waals surface area contributed by atoms with Gasteiger partial charge in [-0.1, -0.05) is 0 Å². The van der Waals surface area contributed by atoms with Crippen LogP contribution in [0.3, 0.4) is 0 Å². The molecule has 0 fully saturated rings. The van der Waals surface area contributed by atoms with E-state index in [-0.39, 0.29) is 5.56 Å². The maximum atomic E-state index is 13.1. The summed E-state index contributed by atoms with van der Waals surface area (Å²) < 4.78 is 36.1. The Morgan fingerprint density at radius 2 is 1.56 bits per heavy atom. The van der Waals surface area contributed by atoms with Gasteiger partial charge in [0.1, 0.15) is 11.5 Å². The number of methoxy groups -OCH3 is 2. The maximum absolute atomic E-state index is 13.1. The molecule has 2 aromatic rings. The van der Waals surface area contributed by atoms with Crippen LogP contribution in [0.25, 0.3) is 0 Å². The summed E-state index contributed by atoms with van der Waals surface area (Å²) in [6, 6.07) is 7.54. The van der Waals surface area contributed by atoms with Crippen LogP contribution in [0, 0.1) is 11.6 Å². The zero-order valence-electron chi connectivity index (χ0n) is 13.5. The Balaban J connectivity index is 2.07. The van der Waals surface area contributed by atoms with Crippen molar-refractivity contribution in [3.8, 4) is 11.5 Å².